The third-order valence-corrected chi connectivity index (χ3v) is 3.06. The zero-order chi connectivity index (χ0) is 13.4. The number of carbonyl (C=O) groups is 2. The van der Waals surface area contributed by atoms with Crippen LogP contribution in [0.4, 0.5) is 5.69 Å². The van der Waals surface area contributed by atoms with Crippen molar-refractivity contribution >= 4 is 17.5 Å². The maximum absolute atomic E-state index is 12.3. The lowest BCUT2D eigenvalue weighted by Gasteiger charge is -2.19. The van der Waals surface area contributed by atoms with Crippen molar-refractivity contribution in [3.8, 4) is 5.75 Å². The first-order valence-corrected chi connectivity index (χ1v) is 5.67. The van der Waals surface area contributed by atoms with Gasteiger partial charge in [-0.1, -0.05) is 6.07 Å². The molecule has 18 heavy (non-hydrogen) atoms. The summed E-state index contributed by atoms with van der Waals surface area (Å²) in [5.74, 6) is 0.120. The largest absolute Gasteiger partial charge is 0.496 e. The average Bonchev–Trinajstić information content (AvgIpc) is 2.60. The van der Waals surface area contributed by atoms with E-state index in [4.69, 9.17) is 4.74 Å². The van der Waals surface area contributed by atoms with E-state index in [2.05, 4.69) is 0 Å². The fourth-order valence-corrected chi connectivity index (χ4v) is 2.35. The Bertz CT molecular complexity index is 511. The molecule has 0 aliphatic carbocycles. The number of hydrogen-bond donors (Lipinski definition) is 0. The molecule has 0 fully saturated rings. The Morgan fingerprint density at radius 1 is 1.39 bits per heavy atom. The Balaban J connectivity index is 2.66. The van der Waals surface area contributed by atoms with Crippen molar-refractivity contribution in [3.05, 3.63) is 23.8 Å². The van der Waals surface area contributed by atoms with E-state index in [0.717, 1.165) is 5.56 Å². The van der Waals surface area contributed by atoms with Crippen molar-refractivity contribution in [2.24, 2.45) is 0 Å². The van der Waals surface area contributed by atoms with E-state index in [0.29, 0.717) is 11.4 Å². The fraction of sp³-hybridized carbons (Fsp3) is 0.385. The molecule has 0 bridgehead atoms. The molecule has 1 atom stereocenters. The Kier molecular flexibility index (Phi) is 3.09. The van der Waals surface area contributed by atoms with Gasteiger partial charge in [-0.15, -0.1) is 0 Å². The van der Waals surface area contributed by atoms with Crippen molar-refractivity contribution in [2.45, 2.75) is 13.0 Å². The van der Waals surface area contributed by atoms with E-state index < -0.39 is 6.04 Å². The summed E-state index contributed by atoms with van der Waals surface area (Å²) in [6, 6.07) is 4.87. The minimum Gasteiger partial charge on any atom is -0.496 e. The van der Waals surface area contributed by atoms with E-state index in [1.165, 1.54) is 11.8 Å². The van der Waals surface area contributed by atoms with Gasteiger partial charge in [0.05, 0.1) is 12.8 Å². The molecule has 2 amide bonds. The summed E-state index contributed by atoms with van der Waals surface area (Å²) in [7, 11) is 5.17. The highest BCUT2D eigenvalue weighted by atomic mass is 16.5. The zero-order valence-electron chi connectivity index (χ0n) is 10.9. The predicted octanol–water partition coefficient (Wildman–Crippen LogP) is 1.19. The summed E-state index contributed by atoms with van der Waals surface area (Å²) in [5, 5.41) is 0. The van der Waals surface area contributed by atoms with Gasteiger partial charge in [0.25, 0.3) is 5.91 Å². The molecule has 0 N–H and O–H groups in total. The van der Waals surface area contributed by atoms with Crippen LogP contribution in [0, 0.1) is 0 Å². The van der Waals surface area contributed by atoms with Gasteiger partial charge < -0.3 is 4.74 Å². The molecule has 1 aliphatic heterocycles. The third-order valence-electron chi connectivity index (χ3n) is 3.06. The van der Waals surface area contributed by atoms with Crippen LogP contribution in [0.25, 0.3) is 0 Å². The third kappa shape index (κ3) is 1.67. The van der Waals surface area contributed by atoms with Crippen LogP contribution in [0.5, 0.6) is 5.75 Å². The number of anilines is 1. The quantitative estimate of drug-likeness (QED) is 0.789. The average molecular weight is 248 g/mol. The topological polar surface area (TPSA) is 49.9 Å². The molecule has 1 heterocycles. The Hall–Kier alpha value is -1.88. The number of ether oxygens (including phenoxy) is 1. The second-order valence-electron chi connectivity index (χ2n) is 4.45. The highest BCUT2D eigenvalue weighted by Gasteiger charge is 2.42. The Labute approximate surface area is 106 Å². The molecular weight excluding hydrogens is 232 g/mol. The molecule has 1 aromatic carbocycles. The number of carbonyl (C=O) groups excluding carboxylic acids is 2. The van der Waals surface area contributed by atoms with Crippen LogP contribution in [-0.2, 0) is 9.59 Å². The van der Waals surface area contributed by atoms with Crippen molar-refractivity contribution in [1.29, 1.82) is 0 Å². The minimum atomic E-state index is -0.472. The maximum Gasteiger partial charge on any atom is 0.255 e. The lowest BCUT2D eigenvalue weighted by Crippen LogP contribution is -2.37. The molecule has 96 valence electrons. The first kappa shape index (κ1) is 12.6. The lowest BCUT2D eigenvalue weighted by atomic mass is 10.1. The van der Waals surface area contributed by atoms with Crippen LogP contribution in [0.1, 0.15) is 18.5 Å². The van der Waals surface area contributed by atoms with Crippen LogP contribution in [-0.4, -0.2) is 37.9 Å². The van der Waals surface area contributed by atoms with Gasteiger partial charge in [-0.25, -0.2) is 4.90 Å². The number of benzene rings is 1. The highest BCUT2D eigenvalue weighted by molar-refractivity contribution is 6.20. The summed E-state index contributed by atoms with van der Waals surface area (Å²) in [4.78, 5) is 26.9. The van der Waals surface area contributed by atoms with Crippen LogP contribution in [0.15, 0.2) is 18.2 Å². The van der Waals surface area contributed by atoms with Crippen LogP contribution in [0.3, 0.4) is 0 Å². The van der Waals surface area contributed by atoms with Crippen molar-refractivity contribution in [2.75, 3.05) is 26.1 Å². The van der Waals surface area contributed by atoms with E-state index in [1.807, 2.05) is 14.1 Å². The molecule has 1 aliphatic rings. The van der Waals surface area contributed by atoms with E-state index in [1.54, 1.807) is 30.2 Å². The second kappa shape index (κ2) is 4.42. The number of methoxy groups -OCH3 is 1. The molecule has 0 spiro atoms. The van der Waals surface area contributed by atoms with Crippen molar-refractivity contribution in [1.82, 2.24) is 4.90 Å². The van der Waals surface area contributed by atoms with Crippen LogP contribution < -0.4 is 9.64 Å². The van der Waals surface area contributed by atoms with Gasteiger partial charge >= 0.3 is 0 Å². The normalized spacial score (nSPS) is 18.2. The second-order valence-corrected chi connectivity index (χ2v) is 4.45. The standard InChI is InChI=1S/C13H16N2O3/c1-8(16)15-9-6-5-7-10(18-4)11(9)12(13(15)17)14(2)3/h5-7,12H,1-4H3. The number of rotatable bonds is 2. The van der Waals surface area contributed by atoms with Gasteiger partial charge in [-0.3, -0.25) is 14.5 Å². The summed E-state index contributed by atoms with van der Waals surface area (Å²) in [6.45, 7) is 1.39. The fourth-order valence-electron chi connectivity index (χ4n) is 2.35. The summed E-state index contributed by atoms with van der Waals surface area (Å²) in [6.07, 6.45) is 0. The molecule has 1 aromatic rings. The van der Waals surface area contributed by atoms with Crippen LogP contribution >= 0.6 is 0 Å². The number of likely N-dealkylation sites (N-methyl/N-ethyl adjacent to an activating group) is 1. The van der Waals surface area contributed by atoms with Gasteiger partial charge in [-0.2, -0.15) is 0 Å². The zero-order valence-corrected chi connectivity index (χ0v) is 10.9. The monoisotopic (exact) mass is 248 g/mol. The molecule has 5 heteroatoms. The molecule has 0 aromatic heterocycles. The molecule has 0 saturated carbocycles. The summed E-state index contributed by atoms with van der Waals surface area (Å²) in [5.41, 5.74) is 1.37. The first-order chi connectivity index (χ1) is 8.49. The molecule has 5 nitrogen and oxygen atoms in total. The Morgan fingerprint density at radius 2 is 2.06 bits per heavy atom. The number of nitrogens with zero attached hydrogens (tertiary/aromatic N) is 2. The van der Waals surface area contributed by atoms with Gasteiger partial charge in [0.1, 0.15) is 11.8 Å². The predicted molar refractivity (Wildman–Crippen MR) is 67.6 cm³/mol. The first-order valence-electron chi connectivity index (χ1n) is 5.67. The highest BCUT2D eigenvalue weighted by Crippen LogP contribution is 2.43. The number of fused-ring (bicyclic) bond motifs is 1. The molecule has 1 unspecified atom stereocenters. The number of amides is 2. The van der Waals surface area contributed by atoms with E-state index in [-0.39, 0.29) is 11.8 Å². The van der Waals surface area contributed by atoms with Gasteiger partial charge in [-0.05, 0) is 26.2 Å². The minimum absolute atomic E-state index is 0.230. The van der Waals surface area contributed by atoms with Crippen LogP contribution in [0.2, 0.25) is 0 Å². The molecular formula is C13H16N2O3. The smallest absolute Gasteiger partial charge is 0.255 e. The SMILES string of the molecule is COc1cccc2c1C(N(C)C)C(=O)N2C(C)=O. The molecule has 0 radical (unpaired) electrons. The van der Waals surface area contributed by atoms with E-state index >= 15 is 0 Å². The lowest BCUT2D eigenvalue weighted by molar-refractivity contribution is -0.127. The summed E-state index contributed by atoms with van der Waals surface area (Å²) < 4.78 is 5.30. The van der Waals surface area contributed by atoms with Gasteiger partial charge in [0, 0.05) is 12.5 Å². The van der Waals surface area contributed by atoms with Gasteiger partial charge in [0.15, 0.2) is 0 Å². The maximum atomic E-state index is 12.3. The Morgan fingerprint density at radius 3 is 2.56 bits per heavy atom. The van der Waals surface area contributed by atoms with E-state index in [9.17, 15) is 9.59 Å². The summed E-state index contributed by atoms with van der Waals surface area (Å²) >= 11 is 0. The number of hydrogen-bond acceptors (Lipinski definition) is 4. The van der Waals surface area contributed by atoms with Crippen molar-refractivity contribution < 1.29 is 14.3 Å². The number of imide groups is 1. The van der Waals surface area contributed by atoms with Crippen molar-refractivity contribution in [3.63, 3.8) is 0 Å². The molecule has 0 saturated heterocycles. The molecule has 2 rings (SSSR count). The van der Waals surface area contributed by atoms with Gasteiger partial charge in [0.2, 0.25) is 5.91 Å².